The number of nitriles is 1. The summed E-state index contributed by atoms with van der Waals surface area (Å²) < 4.78 is 0. The third kappa shape index (κ3) is 3.48. The van der Waals surface area contributed by atoms with Crippen molar-refractivity contribution in [1.29, 1.82) is 5.26 Å². The van der Waals surface area contributed by atoms with Crippen LogP contribution in [0.3, 0.4) is 0 Å². The fraction of sp³-hybridized carbons (Fsp3) is 0.917. The van der Waals surface area contributed by atoms with Crippen molar-refractivity contribution in [3.05, 3.63) is 0 Å². The minimum Gasteiger partial charge on any atom is -0.305 e. The molecule has 0 aromatic heterocycles. The number of piperidine rings is 1. The van der Waals surface area contributed by atoms with Crippen LogP contribution in [0, 0.1) is 11.3 Å². The minimum atomic E-state index is 0.00586. The molecule has 0 radical (unpaired) electrons. The van der Waals surface area contributed by atoms with E-state index in [9.17, 15) is 0 Å². The van der Waals surface area contributed by atoms with Gasteiger partial charge in [0.1, 0.15) is 0 Å². The lowest BCUT2D eigenvalue weighted by Crippen LogP contribution is -2.45. The topological polar surface area (TPSA) is 39.1 Å². The van der Waals surface area contributed by atoms with Crippen molar-refractivity contribution in [2.45, 2.75) is 57.7 Å². The van der Waals surface area contributed by atoms with Crippen LogP contribution in [0.5, 0.6) is 0 Å². The smallest absolute Gasteiger partial charge is 0.0962 e. The van der Waals surface area contributed by atoms with Crippen LogP contribution in [0.15, 0.2) is 0 Å². The fourth-order valence-electron chi connectivity index (χ4n) is 2.47. The maximum absolute atomic E-state index is 8.86. The lowest BCUT2D eigenvalue weighted by molar-refractivity contribution is 0.100. The monoisotopic (exact) mass is 209 g/mol. The quantitative estimate of drug-likeness (QED) is 0.766. The molecule has 0 amide bonds. The van der Waals surface area contributed by atoms with E-state index >= 15 is 0 Å². The lowest BCUT2D eigenvalue weighted by atomic mass is 9.97. The number of nitrogens with zero attached hydrogens (tertiary/aromatic N) is 2. The minimum absolute atomic E-state index is 0.00586. The molecule has 1 rings (SSSR count). The Kier molecular flexibility index (Phi) is 5.07. The standard InChI is InChI=1S/C12H23N3/c1-10-5-4-6-11(2)15(10)8-7-12(9-13)14-3/h10-12,14H,4-8H2,1-3H3. The van der Waals surface area contributed by atoms with Gasteiger partial charge in [-0.05, 0) is 40.2 Å². The molecule has 15 heavy (non-hydrogen) atoms. The zero-order valence-corrected chi connectivity index (χ0v) is 10.2. The van der Waals surface area contributed by atoms with Crippen LogP contribution in [0.1, 0.15) is 39.5 Å². The Morgan fingerprint density at radius 3 is 2.47 bits per heavy atom. The first-order valence-corrected chi connectivity index (χ1v) is 6.01. The second kappa shape index (κ2) is 6.09. The molecule has 0 aliphatic carbocycles. The van der Waals surface area contributed by atoms with Crippen LogP contribution in [0.2, 0.25) is 0 Å². The molecule has 0 aromatic rings. The summed E-state index contributed by atoms with van der Waals surface area (Å²) in [6, 6.07) is 3.66. The second-order valence-electron chi connectivity index (χ2n) is 4.63. The summed E-state index contributed by atoms with van der Waals surface area (Å²) in [5, 5.41) is 11.9. The average molecular weight is 209 g/mol. The van der Waals surface area contributed by atoms with E-state index < -0.39 is 0 Å². The molecule has 3 unspecified atom stereocenters. The van der Waals surface area contributed by atoms with E-state index in [2.05, 4.69) is 30.1 Å². The highest BCUT2D eigenvalue weighted by atomic mass is 15.2. The van der Waals surface area contributed by atoms with Gasteiger partial charge in [0.15, 0.2) is 0 Å². The van der Waals surface area contributed by atoms with Gasteiger partial charge in [-0.15, -0.1) is 0 Å². The Balaban J connectivity index is 2.38. The summed E-state index contributed by atoms with van der Waals surface area (Å²) in [7, 11) is 1.86. The van der Waals surface area contributed by atoms with Crippen molar-refractivity contribution < 1.29 is 0 Å². The van der Waals surface area contributed by atoms with Gasteiger partial charge in [-0.25, -0.2) is 0 Å². The van der Waals surface area contributed by atoms with Crippen LogP contribution in [-0.2, 0) is 0 Å². The summed E-state index contributed by atoms with van der Waals surface area (Å²) in [4.78, 5) is 2.55. The van der Waals surface area contributed by atoms with Gasteiger partial charge in [0.25, 0.3) is 0 Å². The number of hydrogen-bond donors (Lipinski definition) is 1. The van der Waals surface area contributed by atoms with Gasteiger partial charge in [-0.3, -0.25) is 4.90 Å². The molecule has 1 heterocycles. The third-order valence-corrected chi connectivity index (χ3v) is 3.56. The molecule has 0 aromatic carbocycles. The van der Waals surface area contributed by atoms with Crippen LogP contribution in [0.25, 0.3) is 0 Å². The first-order chi connectivity index (χ1) is 7.19. The summed E-state index contributed by atoms with van der Waals surface area (Å²) in [5.41, 5.74) is 0. The summed E-state index contributed by atoms with van der Waals surface area (Å²) in [6.45, 7) is 5.65. The molecule has 3 heteroatoms. The van der Waals surface area contributed by atoms with E-state index in [1.165, 1.54) is 19.3 Å². The van der Waals surface area contributed by atoms with Gasteiger partial charge < -0.3 is 5.32 Å². The molecule has 1 saturated heterocycles. The Morgan fingerprint density at radius 2 is 2.00 bits per heavy atom. The van der Waals surface area contributed by atoms with Crippen molar-refractivity contribution in [2.75, 3.05) is 13.6 Å². The van der Waals surface area contributed by atoms with Gasteiger partial charge in [-0.1, -0.05) is 6.42 Å². The molecule has 1 N–H and O–H groups in total. The van der Waals surface area contributed by atoms with Gasteiger partial charge in [0.2, 0.25) is 0 Å². The summed E-state index contributed by atoms with van der Waals surface area (Å²) in [6.07, 6.45) is 4.90. The van der Waals surface area contributed by atoms with Crippen molar-refractivity contribution in [1.82, 2.24) is 10.2 Å². The second-order valence-corrected chi connectivity index (χ2v) is 4.63. The fourth-order valence-corrected chi connectivity index (χ4v) is 2.47. The van der Waals surface area contributed by atoms with Crippen LogP contribution < -0.4 is 5.32 Å². The first kappa shape index (κ1) is 12.5. The average Bonchev–Trinajstić information content (AvgIpc) is 2.23. The maximum Gasteiger partial charge on any atom is 0.0962 e. The van der Waals surface area contributed by atoms with Gasteiger partial charge in [0.05, 0.1) is 12.1 Å². The van der Waals surface area contributed by atoms with Gasteiger partial charge in [-0.2, -0.15) is 5.26 Å². The molecule has 0 saturated carbocycles. The molecule has 3 nitrogen and oxygen atoms in total. The number of rotatable bonds is 4. The van der Waals surface area contributed by atoms with E-state index in [-0.39, 0.29) is 6.04 Å². The highest BCUT2D eigenvalue weighted by Crippen LogP contribution is 2.22. The van der Waals surface area contributed by atoms with E-state index in [0.717, 1.165) is 13.0 Å². The molecular weight excluding hydrogens is 186 g/mol. The van der Waals surface area contributed by atoms with Crippen LogP contribution >= 0.6 is 0 Å². The predicted molar refractivity (Wildman–Crippen MR) is 62.6 cm³/mol. The molecule has 1 fully saturated rings. The van der Waals surface area contributed by atoms with Crippen LogP contribution in [-0.4, -0.2) is 36.6 Å². The number of hydrogen-bond acceptors (Lipinski definition) is 3. The number of nitrogens with one attached hydrogen (secondary N) is 1. The SMILES string of the molecule is CNC(C#N)CCN1C(C)CCCC1C. The summed E-state index contributed by atoms with van der Waals surface area (Å²) in [5.74, 6) is 0. The largest absolute Gasteiger partial charge is 0.305 e. The first-order valence-electron chi connectivity index (χ1n) is 6.01. The molecule has 86 valence electrons. The zero-order valence-electron chi connectivity index (χ0n) is 10.2. The molecule has 1 aliphatic heterocycles. The lowest BCUT2D eigenvalue weighted by Gasteiger charge is -2.39. The van der Waals surface area contributed by atoms with Crippen molar-refractivity contribution in [2.24, 2.45) is 0 Å². The molecule has 0 bridgehead atoms. The van der Waals surface area contributed by atoms with Crippen molar-refractivity contribution >= 4 is 0 Å². The molecule has 1 aliphatic rings. The van der Waals surface area contributed by atoms with E-state index in [4.69, 9.17) is 5.26 Å². The van der Waals surface area contributed by atoms with E-state index in [1.807, 2.05) is 7.05 Å². The maximum atomic E-state index is 8.86. The Bertz CT molecular complexity index is 211. The third-order valence-electron chi connectivity index (χ3n) is 3.56. The Labute approximate surface area is 93.5 Å². The normalized spacial score (nSPS) is 29.7. The zero-order chi connectivity index (χ0) is 11.3. The van der Waals surface area contributed by atoms with E-state index in [0.29, 0.717) is 12.1 Å². The highest BCUT2D eigenvalue weighted by molar-refractivity contribution is 4.90. The molecule has 0 spiro atoms. The van der Waals surface area contributed by atoms with Crippen LogP contribution in [0.4, 0.5) is 0 Å². The Morgan fingerprint density at radius 1 is 1.40 bits per heavy atom. The van der Waals surface area contributed by atoms with Crippen molar-refractivity contribution in [3.8, 4) is 6.07 Å². The van der Waals surface area contributed by atoms with Gasteiger partial charge in [0, 0.05) is 18.6 Å². The van der Waals surface area contributed by atoms with E-state index in [1.54, 1.807) is 0 Å². The van der Waals surface area contributed by atoms with Gasteiger partial charge >= 0.3 is 0 Å². The Hall–Kier alpha value is -0.590. The number of likely N-dealkylation sites (tertiary alicyclic amines) is 1. The molecular formula is C12H23N3. The summed E-state index contributed by atoms with van der Waals surface area (Å²) >= 11 is 0. The molecule has 3 atom stereocenters. The van der Waals surface area contributed by atoms with Crippen molar-refractivity contribution in [3.63, 3.8) is 0 Å². The predicted octanol–water partition coefficient (Wildman–Crippen LogP) is 1.75. The highest BCUT2D eigenvalue weighted by Gasteiger charge is 2.24.